The predicted octanol–water partition coefficient (Wildman–Crippen LogP) is 3.72. The summed E-state index contributed by atoms with van der Waals surface area (Å²) in [6.07, 6.45) is 9.36. The molecule has 0 saturated carbocycles. The van der Waals surface area contributed by atoms with Crippen LogP contribution in [0.3, 0.4) is 0 Å². The topological polar surface area (TPSA) is 69.6 Å². The Balaban J connectivity index is 0.000000171. The fraction of sp³-hybridized carbons (Fsp3) is 0.100. The molecule has 5 heterocycles. The first-order chi connectivity index (χ1) is 14.0. The van der Waals surface area contributed by atoms with Gasteiger partial charge in [-0.1, -0.05) is 0 Å². The van der Waals surface area contributed by atoms with Crippen molar-refractivity contribution in [1.82, 2.24) is 28.7 Å². The van der Waals surface area contributed by atoms with E-state index in [1.807, 2.05) is 6.92 Å². The monoisotopic (exact) mass is 394 g/mol. The van der Waals surface area contributed by atoms with Gasteiger partial charge in [0.2, 0.25) is 5.88 Å². The standard InChI is InChI=1S/C13H11FN4O.C7H5FN2/c1-8-5-16-12(17-13(8)19-2)10-6-15-11-4-3-9(14)7-18(10)11;8-6-1-2-7-9-3-4-10(7)5-6/h3-7H,1-2H3;1-5H. The zero-order valence-corrected chi connectivity index (χ0v) is 15.6. The van der Waals surface area contributed by atoms with Crippen LogP contribution in [0.15, 0.2) is 61.4 Å². The van der Waals surface area contributed by atoms with Crippen LogP contribution in [0.5, 0.6) is 5.88 Å². The molecule has 0 aliphatic rings. The Morgan fingerprint density at radius 3 is 2.45 bits per heavy atom. The molecule has 29 heavy (non-hydrogen) atoms. The number of nitrogens with zero attached hydrogens (tertiary/aromatic N) is 6. The lowest BCUT2D eigenvalue weighted by Crippen LogP contribution is -1.98. The molecule has 0 aliphatic carbocycles. The van der Waals surface area contributed by atoms with Gasteiger partial charge in [-0.25, -0.2) is 23.7 Å². The maximum Gasteiger partial charge on any atom is 0.219 e. The van der Waals surface area contributed by atoms with E-state index in [9.17, 15) is 8.78 Å². The van der Waals surface area contributed by atoms with Gasteiger partial charge in [0.15, 0.2) is 5.82 Å². The number of fused-ring (bicyclic) bond motifs is 2. The summed E-state index contributed by atoms with van der Waals surface area (Å²) in [6, 6.07) is 5.99. The quantitative estimate of drug-likeness (QED) is 0.456. The molecular formula is C20H16F2N6O. The molecule has 0 aliphatic heterocycles. The van der Waals surface area contributed by atoms with E-state index in [2.05, 4.69) is 19.9 Å². The lowest BCUT2D eigenvalue weighted by molar-refractivity contribution is 0.394. The first-order valence-corrected chi connectivity index (χ1v) is 8.64. The summed E-state index contributed by atoms with van der Waals surface area (Å²) in [5.41, 5.74) is 2.86. The number of halogens is 2. The van der Waals surface area contributed by atoms with Crippen molar-refractivity contribution in [1.29, 1.82) is 0 Å². The van der Waals surface area contributed by atoms with Crippen LogP contribution in [0.25, 0.3) is 22.8 Å². The molecule has 0 aromatic carbocycles. The third kappa shape index (κ3) is 3.75. The van der Waals surface area contributed by atoms with Gasteiger partial charge in [-0.2, -0.15) is 4.98 Å². The molecule has 7 nitrogen and oxygen atoms in total. The summed E-state index contributed by atoms with van der Waals surface area (Å²) in [4.78, 5) is 16.7. The second kappa shape index (κ2) is 7.63. The normalized spacial score (nSPS) is 10.8. The molecule has 0 saturated heterocycles. The molecule has 146 valence electrons. The van der Waals surface area contributed by atoms with Gasteiger partial charge in [0, 0.05) is 36.5 Å². The van der Waals surface area contributed by atoms with Crippen molar-refractivity contribution < 1.29 is 13.5 Å². The Labute approximate surface area is 164 Å². The van der Waals surface area contributed by atoms with Gasteiger partial charge in [0.25, 0.3) is 0 Å². The van der Waals surface area contributed by atoms with Crippen molar-refractivity contribution in [2.45, 2.75) is 6.92 Å². The molecule has 0 N–H and O–H groups in total. The van der Waals surface area contributed by atoms with Gasteiger partial charge < -0.3 is 9.14 Å². The van der Waals surface area contributed by atoms with Gasteiger partial charge in [-0.05, 0) is 31.2 Å². The summed E-state index contributed by atoms with van der Waals surface area (Å²) in [5.74, 6) is 0.355. The maximum absolute atomic E-state index is 13.3. The van der Waals surface area contributed by atoms with Gasteiger partial charge in [0.1, 0.15) is 28.6 Å². The van der Waals surface area contributed by atoms with Crippen LogP contribution < -0.4 is 4.74 Å². The van der Waals surface area contributed by atoms with Crippen LogP contribution in [0, 0.1) is 18.6 Å². The minimum Gasteiger partial charge on any atom is -0.481 e. The molecule has 5 aromatic rings. The molecule has 9 heteroatoms. The van der Waals surface area contributed by atoms with Crippen molar-refractivity contribution in [3.63, 3.8) is 0 Å². The first-order valence-electron chi connectivity index (χ1n) is 8.64. The van der Waals surface area contributed by atoms with E-state index < -0.39 is 0 Å². The summed E-state index contributed by atoms with van der Waals surface area (Å²) < 4.78 is 34.2. The molecule has 0 atom stereocenters. The first kappa shape index (κ1) is 18.5. The average Bonchev–Trinajstić information content (AvgIpc) is 3.35. The lowest BCUT2D eigenvalue weighted by Gasteiger charge is -2.05. The summed E-state index contributed by atoms with van der Waals surface area (Å²) in [6.45, 7) is 1.86. The van der Waals surface area contributed by atoms with Crippen molar-refractivity contribution >= 4 is 11.3 Å². The number of hydrogen-bond donors (Lipinski definition) is 0. The molecule has 5 rings (SSSR count). The van der Waals surface area contributed by atoms with E-state index in [-0.39, 0.29) is 11.6 Å². The smallest absolute Gasteiger partial charge is 0.219 e. The van der Waals surface area contributed by atoms with E-state index in [0.29, 0.717) is 23.0 Å². The minimum atomic E-state index is -0.342. The number of ether oxygens (including phenoxy) is 1. The summed E-state index contributed by atoms with van der Waals surface area (Å²) >= 11 is 0. The number of rotatable bonds is 2. The predicted molar refractivity (Wildman–Crippen MR) is 103 cm³/mol. The van der Waals surface area contributed by atoms with Crippen molar-refractivity contribution in [2.24, 2.45) is 0 Å². The van der Waals surface area contributed by atoms with Crippen LogP contribution in [0.1, 0.15) is 5.56 Å². The number of imidazole rings is 2. The Bertz CT molecular complexity index is 1300. The molecule has 0 radical (unpaired) electrons. The molecule has 0 bridgehead atoms. The van der Waals surface area contributed by atoms with E-state index in [0.717, 1.165) is 11.2 Å². The molecule has 0 amide bonds. The third-order valence-electron chi connectivity index (χ3n) is 4.17. The third-order valence-corrected chi connectivity index (χ3v) is 4.17. The van der Waals surface area contributed by atoms with Crippen molar-refractivity contribution in [3.05, 3.63) is 78.6 Å². The van der Waals surface area contributed by atoms with E-state index in [1.165, 1.54) is 24.5 Å². The zero-order chi connectivity index (χ0) is 20.4. The number of pyridine rings is 2. The number of aromatic nitrogens is 6. The minimum absolute atomic E-state index is 0.245. The zero-order valence-electron chi connectivity index (χ0n) is 15.6. The highest BCUT2D eigenvalue weighted by molar-refractivity contribution is 5.57. The molecule has 0 fully saturated rings. The Hall–Kier alpha value is -3.88. The van der Waals surface area contributed by atoms with Gasteiger partial charge in [0.05, 0.1) is 13.3 Å². The van der Waals surface area contributed by atoms with Crippen LogP contribution in [0.2, 0.25) is 0 Å². The average molecular weight is 394 g/mol. The number of methoxy groups -OCH3 is 1. The maximum atomic E-state index is 13.3. The highest BCUT2D eigenvalue weighted by atomic mass is 19.1. The van der Waals surface area contributed by atoms with E-state index >= 15 is 0 Å². The van der Waals surface area contributed by atoms with Crippen molar-refractivity contribution in [2.75, 3.05) is 7.11 Å². The largest absolute Gasteiger partial charge is 0.481 e. The number of hydrogen-bond acceptors (Lipinski definition) is 5. The fourth-order valence-electron chi connectivity index (χ4n) is 2.77. The van der Waals surface area contributed by atoms with Crippen LogP contribution in [0.4, 0.5) is 8.78 Å². The Kier molecular flexibility index (Phi) is 4.86. The van der Waals surface area contributed by atoms with Gasteiger partial charge in [-0.3, -0.25) is 4.40 Å². The summed E-state index contributed by atoms with van der Waals surface area (Å²) in [5, 5.41) is 0. The van der Waals surface area contributed by atoms with Crippen LogP contribution in [-0.4, -0.2) is 35.8 Å². The van der Waals surface area contributed by atoms with E-state index in [4.69, 9.17) is 4.74 Å². The second-order valence-corrected chi connectivity index (χ2v) is 6.14. The van der Waals surface area contributed by atoms with Crippen LogP contribution >= 0.6 is 0 Å². The lowest BCUT2D eigenvalue weighted by atomic mass is 10.3. The van der Waals surface area contributed by atoms with Crippen LogP contribution in [-0.2, 0) is 0 Å². The highest BCUT2D eigenvalue weighted by Gasteiger charge is 2.11. The van der Waals surface area contributed by atoms with Crippen molar-refractivity contribution in [3.8, 4) is 17.4 Å². The Morgan fingerprint density at radius 1 is 0.897 bits per heavy atom. The van der Waals surface area contributed by atoms with Gasteiger partial charge >= 0.3 is 0 Å². The Morgan fingerprint density at radius 2 is 1.66 bits per heavy atom. The SMILES string of the molecule is COc1nc(-c2cnc3ccc(F)cn23)ncc1C.Fc1ccc2nccn2c1. The highest BCUT2D eigenvalue weighted by Crippen LogP contribution is 2.21. The molecule has 5 aromatic heterocycles. The second-order valence-electron chi connectivity index (χ2n) is 6.14. The van der Waals surface area contributed by atoms with E-state index in [1.54, 1.807) is 52.8 Å². The molecule has 0 spiro atoms. The number of aryl methyl sites for hydroxylation is 1. The molecule has 0 unspecified atom stereocenters. The van der Waals surface area contributed by atoms with Gasteiger partial charge in [-0.15, -0.1) is 0 Å². The summed E-state index contributed by atoms with van der Waals surface area (Å²) in [7, 11) is 1.55. The molecular weight excluding hydrogens is 378 g/mol. The fourth-order valence-corrected chi connectivity index (χ4v) is 2.77.